The summed E-state index contributed by atoms with van der Waals surface area (Å²) >= 11 is 1.49. The van der Waals surface area contributed by atoms with E-state index in [-0.39, 0.29) is 24.7 Å². The first-order chi connectivity index (χ1) is 16.0. The molecule has 1 aliphatic heterocycles. The summed E-state index contributed by atoms with van der Waals surface area (Å²) in [6.07, 6.45) is 5.23. The fraction of sp³-hybridized carbons (Fsp3) is 0.654. The maximum Gasteiger partial charge on any atom is 0.309 e. The van der Waals surface area contributed by atoms with Gasteiger partial charge in [0.1, 0.15) is 11.9 Å². The van der Waals surface area contributed by atoms with Gasteiger partial charge in [0.25, 0.3) is 0 Å². The number of aliphatic hydroxyl groups excluding tert-OH is 3. The van der Waals surface area contributed by atoms with Crippen LogP contribution < -0.4 is 0 Å². The molecule has 7 nitrogen and oxygen atoms in total. The van der Waals surface area contributed by atoms with Crippen LogP contribution in [0.4, 0.5) is 0 Å². The lowest BCUT2D eigenvalue weighted by Gasteiger charge is -2.34. The number of Topliss-reactive ketones (excluding diaryl/α,β-unsaturated/α-hetero) is 1. The predicted molar refractivity (Wildman–Crippen MR) is 133 cm³/mol. The molecule has 34 heavy (non-hydrogen) atoms. The van der Waals surface area contributed by atoms with Gasteiger partial charge in [-0.2, -0.15) is 0 Å². The Labute approximate surface area is 206 Å². The number of thiazole rings is 1. The normalized spacial score (nSPS) is 30.2. The zero-order chi connectivity index (χ0) is 25.5. The summed E-state index contributed by atoms with van der Waals surface area (Å²) in [7, 11) is 0. The van der Waals surface area contributed by atoms with Gasteiger partial charge in [0.05, 0.1) is 41.4 Å². The molecule has 5 atom stereocenters. The molecule has 0 amide bonds. The standard InChI is InChI=1S/C26H39NO6S/c1-16-10-8-6-7-9-11-21(19(14-28)12-20-15-34-18(3)27-20)33-23(30)13-22(29)26(4,5)25(32)17(2)24(16)31/h7,9,12,15-17,21-22,24,28-29,31H,6,8,10-11,13-14H2,1-5H3/b9-7?,19-12+/t16?,17-,21+,22+,24+/m1/s1. The Hall–Kier alpha value is -1.87. The quantitative estimate of drug-likeness (QED) is 0.432. The summed E-state index contributed by atoms with van der Waals surface area (Å²) in [5.41, 5.74) is -0.0361. The van der Waals surface area contributed by atoms with Crippen LogP contribution in [0.1, 0.15) is 70.5 Å². The fourth-order valence-corrected chi connectivity index (χ4v) is 4.81. The van der Waals surface area contributed by atoms with Crippen LogP contribution in [-0.2, 0) is 14.3 Å². The van der Waals surface area contributed by atoms with Crippen molar-refractivity contribution in [2.24, 2.45) is 17.3 Å². The molecule has 2 heterocycles. The van der Waals surface area contributed by atoms with Gasteiger partial charge >= 0.3 is 5.97 Å². The van der Waals surface area contributed by atoms with E-state index < -0.39 is 35.6 Å². The van der Waals surface area contributed by atoms with Crippen LogP contribution in [0.15, 0.2) is 23.1 Å². The number of rotatable bonds is 3. The molecule has 1 aromatic heterocycles. The molecule has 1 unspecified atom stereocenters. The highest BCUT2D eigenvalue weighted by molar-refractivity contribution is 7.09. The monoisotopic (exact) mass is 493 g/mol. The molecule has 1 aliphatic rings. The number of hydrogen-bond acceptors (Lipinski definition) is 8. The molecule has 1 aromatic rings. The largest absolute Gasteiger partial charge is 0.457 e. The Balaban J connectivity index is 2.32. The molecule has 0 fully saturated rings. The van der Waals surface area contributed by atoms with Crippen molar-refractivity contribution in [1.29, 1.82) is 0 Å². The minimum atomic E-state index is -1.27. The van der Waals surface area contributed by atoms with Crippen molar-refractivity contribution in [3.63, 3.8) is 0 Å². The summed E-state index contributed by atoms with van der Waals surface area (Å²) < 4.78 is 5.68. The third kappa shape index (κ3) is 7.57. The number of carbonyl (C=O) groups is 2. The van der Waals surface area contributed by atoms with E-state index in [1.165, 1.54) is 11.3 Å². The molecule has 0 saturated carbocycles. The first-order valence-corrected chi connectivity index (χ1v) is 12.8. The molecule has 2 rings (SSSR count). The first-order valence-electron chi connectivity index (χ1n) is 12.0. The second-order valence-electron chi connectivity index (χ2n) is 9.85. The number of ketones is 1. The van der Waals surface area contributed by atoms with Gasteiger partial charge < -0.3 is 20.1 Å². The number of nitrogens with zero attached hydrogens (tertiary/aromatic N) is 1. The average Bonchev–Trinajstić information content (AvgIpc) is 3.20. The third-order valence-corrected chi connectivity index (χ3v) is 7.52. The van der Waals surface area contributed by atoms with Gasteiger partial charge in [-0.3, -0.25) is 9.59 Å². The van der Waals surface area contributed by atoms with Crippen LogP contribution in [0.3, 0.4) is 0 Å². The van der Waals surface area contributed by atoms with E-state index in [1.54, 1.807) is 26.8 Å². The lowest BCUT2D eigenvalue weighted by molar-refractivity contribution is -0.154. The Kier molecular flexibility index (Phi) is 10.6. The minimum Gasteiger partial charge on any atom is -0.457 e. The van der Waals surface area contributed by atoms with Gasteiger partial charge in [-0.05, 0) is 43.8 Å². The van der Waals surface area contributed by atoms with Crippen LogP contribution >= 0.6 is 11.3 Å². The number of hydrogen-bond donors (Lipinski definition) is 3. The van der Waals surface area contributed by atoms with Crippen molar-refractivity contribution in [3.8, 4) is 0 Å². The third-order valence-electron chi connectivity index (χ3n) is 6.72. The lowest BCUT2D eigenvalue weighted by atomic mass is 9.73. The predicted octanol–water partition coefficient (Wildman–Crippen LogP) is 3.85. The molecule has 190 valence electrons. The maximum atomic E-state index is 13.1. The van der Waals surface area contributed by atoms with E-state index in [0.717, 1.165) is 24.3 Å². The topological polar surface area (TPSA) is 117 Å². The fourth-order valence-electron chi connectivity index (χ4n) is 4.24. The summed E-state index contributed by atoms with van der Waals surface area (Å²) in [6, 6.07) is 0. The summed E-state index contributed by atoms with van der Waals surface area (Å²) in [5, 5.41) is 34.2. The van der Waals surface area contributed by atoms with Gasteiger partial charge in [0, 0.05) is 17.7 Å². The maximum absolute atomic E-state index is 13.1. The van der Waals surface area contributed by atoms with Crippen LogP contribution in [0.5, 0.6) is 0 Å². The molecule has 0 bridgehead atoms. The number of esters is 1. The van der Waals surface area contributed by atoms with Crippen molar-refractivity contribution < 1.29 is 29.6 Å². The van der Waals surface area contributed by atoms with Crippen LogP contribution in [0, 0.1) is 24.2 Å². The molecule has 0 spiro atoms. The van der Waals surface area contributed by atoms with Crippen molar-refractivity contribution in [2.45, 2.75) is 85.0 Å². The molecule has 3 N–H and O–H groups in total. The molecule has 0 aliphatic carbocycles. The molecule has 0 saturated heterocycles. The zero-order valence-corrected chi connectivity index (χ0v) is 21.7. The Morgan fingerprint density at radius 1 is 1.26 bits per heavy atom. The number of aryl methyl sites for hydroxylation is 1. The molecule has 8 heteroatoms. The van der Waals surface area contributed by atoms with E-state index in [0.29, 0.717) is 17.7 Å². The van der Waals surface area contributed by atoms with Gasteiger partial charge in [-0.15, -0.1) is 11.3 Å². The number of ether oxygens (including phenoxy) is 1. The Morgan fingerprint density at radius 3 is 2.59 bits per heavy atom. The second kappa shape index (κ2) is 12.7. The number of aliphatic hydroxyl groups is 3. The Bertz CT molecular complexity index is 890. The van der Waals surface area contributed by atoms with Crippen LogP contribution in [0.2, 0.25) is 0 Å². The minimum absolute atomic E-state index is 0.0728. The van der Waals surface area contributed by atoms with Gasteiger partial charge in [0.15, 0.2) is 0 Å². The summed E-state index contributed by atoms with van der Waals surface area (Å²) in [5.74, 6) is -1.69. The lowest BCUT2D eigenvalue weighted by Crippen LogP contribution is -2.45. The highest BCUT2D eigenvalue weighted by atomic mass is 32.1. The zero-order valence-electron chi connectivity index (χ0n) is 20.9. The smallest absolute Gasteiger partial charge is 0.309 e. The van der Waals surface area contributed by atoms with Gasteiger partial charge in [-0.25, -0.2) is 4.98 Å². The van der Waals surface area contributed by atoms with E-state index >= 15 is 0 Å². The van der Waals surface area contributed by atoms with E-state index in [9.17, 15) is 24.9 Å². The highest BCUT2D eigenvalue weighted by Crippen LogP contribution is 2.32. The van der Waals surface area contributed by atoms with Gasteiger partial charge in [-0.1, -0.05) is 39.8 Å². The van der Waals surface area contributed by atoms with Crippen molar-refractivity contribution in [2.75, 3.05) is 6.61 Å². The molecular formula is C26H39NO6S. The summed E-state index contributed by atoms with van der Waals surface area (Å²) in [6.45, 7) is 8.37. The molecule has 0 radical (unpaired) electrons. The molecule has 0 aromatic carbocycles. The highest BCUT2D eigenvalue weighted by Gasteiger charge is 2.42. The average molecular weight is 494 g/mol. The van der Waals surface area contributed by atoms with Crippen molar-refractivity contribution in [1.82, 2.24) is 4.98 Å². The van der Waals surface area contributed by atoms with E-state index in [4.69, 9.17) is 4.74 Å². The SMILES string of the molecule is Cc1nc(/C=C(\CO)[C@@H]2CC=CCCCC(C)[C@H](O)[C@@H](C)C(=O)C(C)(C)[C@@H](O)CC(=O)O2)cs1. The molecular weight excluding hydrogens is 454 g/mol. The van der Waals surface area contributed by atoms with Crippen molar-refractivity contribution >= 4 is 29.2 Å². The Morgan fingerprint density at radius 2 is 1.97 bits per heavy atom. The number of allylic oxidation sites excluding steroid dienone is 1. The van der Waals surface area contributed by atoms with Gasteiger partial charge in [0.2, 0.25) is 0 Å². The second-order valence-corrected chi connectivity index (χ2v) is 10.9. The number of carbonyl (C=O) groups excluding carboxylic acids is 2. The van der Waals surface area contributed by atoms with Crippen LogP contribution in [-0.4, -0.2) is 57.0 Å². The summed E-state index contributed by atoms with van der Waals surface area (Å²) in [4.78, 5) is 30.3. The van der Waals surface area contributed by atoms with Crippen LogP contribution in [0.25, 0.3) is 6.08 Å². The number of aromatic nitrogens is 1. The van der Waals surface area contributed by atoms with E-state index in [1.807, 2.05) is 31.4 Å². The van der Waals surface area contributed by atoms with E-state index in [2.05, 4.69) is 4.98 Å². The first kappa shape index (κ1) is 28.4. The van der Waals surface area contributed by atoms with Crippen molar-refractivity contribution in [3.05, 3.63) is 33.8 Å². The number of cyclic esters (lactones) is 1.